The van der Waals surface area contributed by atoms with Crippen LogP contribution in [0.15, 0.2) is 47.4 Å². The van der Waals surface area contributed by atoms with Gasteiger partial charge in [-0.2, -0.15) is 0 Å². The molecule has 2 rings (SSSR count). The standard InChI is InChI=1S/C14H15NO/c1-10(2)13-9-15-14(16)8-12(13)11-6-4-3-5-7-11/h3-10H,1-2H3,(H,15,16). The van der Waals surface area contributed by atoms with Crippen LogP contribution in [0.5, 0.6) is 0 Å². The molecule has 0 bridgehead atoms. The first-order chi connectivity index (χ1) is 7.68. The fourth-order valence-electron chi connectivity index (χ4n) is 1.83. The van der Waals surface area contributed by atoms with Gasteiger partial charge in [0.25, 0.3) is 0 Å². The zero-order chi connectivity index (χ0) is 11.5. The molecule has 0 fully saturated rings. The van der Waals surface area contributed by atoms with E-state index < -0.39 is 0 Å². The van der Waals surface area contributed by atoms with E-state index in [2.05, 4.69) is 18.8 Å². The molecule has 0 saturated heterocycles. The molecule has 0 saturated carbocycles. The van der Waals surface area contributed by atoms with E-state index in [1.807, 2.05) is 36.5 Å². The molecule has 0 unspecified atom stereocenters. The minimum Gasteiger partial charge on any atom is -0.329 e. The predicted octanol–water partition coefficient (Wildman–Crippen LogP) is 3.17. The summed E-state index contributed by atoms with van der Waals surface area (Å²) in [5.74, 6) is 0.395. The van der Waals surface area contributed by atoms with Gasteiger partial charge in [-0.1, -0.05) is 44.2 Å². The van der Waals surface area contributed by atoms with Crippen LogP contribution in [0.2, 0.25) is 0 Å². The molecule has 0 amide bonds. The number of aromatic nitrogens is 1. The molecule has 2 heteroatoms. The van der Waals surface area contributed by atoms with Gasteiger partial charge < -0.3 is 4.98 Å². The van der Waals surface area contributed by atoms with Crippen molar-refractivity contribution in [2.45, 2.75) is 19.8 Å². The number of benzene rings is 1. The molecular formula is C14H15NO. The minimum atomic E-state index is -0.0525. The van der Waals surface area contributed by atoms with Gasteiger partial charge in [0.1, 0.15) is 0 Å². The van der Waals surface area contributed by atoms with E-state index in [4.69, 9.17) is 0 Å². The Kier molecular flexibility index (Phi) is 2.91. The molecule has 1 N–H and O–H groups in total. The van der Waals surface area contributed by atoms with Crippen LogP contribution < -0.4 is 5.56 Å². The Morgan fingerprint density at radius 2 is 1.81 bits per heavy atom. The Hall–Kier alpha value is -1.83. The van der Waals surface area contributed by atoms with Crippen LogP contribution in [0.4, 0.5) is 0 Å². The van der Waals surface area contributed by atoms with E-state index >= 15 is 0 Å². The smallest absolute Gasteiger partial charge is 0.248 e. The molecular weight excluding hydrogens is 198 g/mol. The summed E-state index contributed by atoms with van der Waals surface area (Å²) < 4.78 is 0. The second-order valence-corrected chi connectivity index (χ2v) is 4.19. The van der Waals surface area contributed by atoms with E-state index in [0.29, 0.717) is 5.92 Å². The maximum absolute atomic E-state index is 11.4. The maximum atomic E-state index is 11.4. The fourth-order valence-corrected chi connectivity index (χ4v) is 1.83. The molecule has 0 radical (unpaired) electrons. The lowest BCUT2D eigenvalue weighted by Gasteiger charge is -2.11. The quantitative estimate of drug-likeness (QED) is 0.816. The Balaban J connectivity index is 2.63. The summed E-state index contributed by atoms with van der Waals surface area (Å²) in [5, 5.41) is 0. The van der Waals surface area contributed by atoms with Crippen LogP contribution in [0.25, 0.3) is 11.1 Å². The predicted molar refractivity (Wildman–Crippen MR) is 66.6 cm³/mol. The van der Waals surface area contributed by atoms with Gasteiger partial charge in [-0.05, 0) is 22.6 Å². The molecule has 1 aromatic heterocycles. The van der Waals surface area contributed by atoms with Crippen LogP contribution in [-0.2, 0) is 0 Å². The van der Waals surface area contributed by atoms with E-state index in [1.54, 1.807) is 6.07 Å². The highest BCUT2D eigenvalue weighted by molar-refractivity contribution is 5.67. The highest BCUT2D eigenvalue weighted by atomic mass is 16.1. The molecule has 16 heavy (non-hydrogen) atoms. The molecule has 1 heterocycles. The van der Waals surface area contributed by atoms with Crippen LogP contribution in [0.1, 0.15) is 25.3 Å². The second-order valence-electron chi connectivity index (χ2n) is 4.19. The van der Waals surface area contributed by atoms with Gasteiger partial charge in [-0.15, -0.1) is 0 Å². The molecule has 82 valence electrons. The lowest BCUT2D eigenvalue weighted by Crippen LogP contribution is -2.07. The summed E-state index contributed by atoms with van der Waals surface area (Å²) in [6, 6.07) is 11.7. The van der Waals surface area contributed by atoms with E-state index in [-0.39, 0.29) is 5.56 Å². The average Bonchev–Trinajstić information content (AvgIpc) is 2.29. The first kappa shape index (κ1) is 10.7. The normalized spacial score (nSPS) is 10.7. The number of rotatable bonds is 2. The maximum Gasteiger partial charge on any atom is 0.248 e. The molecule has 0 aliphatic carbocycles. The molecule has 2 nitrogen and oxygen atoms in total. The summed E-state index contributed by atoms with van der Waals surface area (Å²) in [4.78, 5) is 14.1. The van der Waals surface area contributed by atoms with Crippen molar-refractivity contribution in [3.05, 3.63) is 58.5 Å². The first-order valence-corrected chi connectivity index (χ1v) is 5.46. The van der Waals surface area contributed by atoms with Gasteiger partial charge in [0, 0.05) is 12.3 Å². The molecule has 0 aliphatic heterocycles. The summed E-state index contributed by atoms with van der Waals surface area (Å²) in [5.41, 5.74) is 3.24. The third kappa shape index (κ3) is 2.06. The van der Waals surface area contributed by atoms with Crippen molar-refractivity contribution in [3.8, 4) is 11.1 Å². The van der Waals surface area contributed by atoms with Gasteiger partial charge >= 0.3 is 0 Å². The van der Waals surface area contributed by atoms with E-state index in [9.17, 15) is 4.79 Å². The summed E-state index contributed by atoms with van der Waals surface area (Å²) >= 11 is 0. The van der Waals surface area contributed by atoms with Crippen molar-refractivity contribution >= 4 is 0 Å². The van der Waals surface area contributed by atoms with Crippen molar-refractivity contribution in [1.82, 2.24) is 4.98 Å². The molecule has 2 aromatic rings. The van der Waals surface area contributed by atoms with E-state index in [1.165, 1.54) is 5.56 Å². The van der Waals surface area contributed by atoms with Gasteiger partial charge in [-0.3, -0.25) is 4.79 Å². The second kappa shape index (κ2) is 4.35. The van der Waals surface area contributed by atoms with Crippen molar-refractivity contribution < 1.29 is 0 Å². The van der Waals surface area contributed by atoms with Gasteiger partial charge in [0.05, 0.1) is 0 Å². The van der Waals surface area contributed by atoms with Crippen LogP contribution >= 0.6 is 0 Å². The number of hydrogen-bond acceptors (Lipinski definition) is 1. The molecule has 1 aromatic carbocycles. The SMILES string of the molecule is CC(C)c1c[nH]c(=O)cc1-c1ccccc1. The lowest BCUT2D eigenvalue weighted by molar-refractivity contribution is 0.858. The largest absolute Gasteiger partial charge is 0.329 e. The van der Waals surface area contributed by atoms with Crippen molar-refractivity contribution in [3.63, 3.8) is 0 Å². The summed E-state index contributed by atoms with van der Waals surface area (Å²) in [7, 11) is 0. The zero-order valence-corrected chi connectivity index (χ0v) is 9.53. The summed E-state index contributed by atoms with van der Waals surface area (Å²) in [6.07, 6.45) is 1.81. The Bertz CT molecular complexity index is 526. The van der Waals surface area contributed by atoms with Crippen molar-refractivity contribution in [2.75, 3.05) is 0 Å². The van der Waals surface area contributed by atoms with Gasteiger partial charge in [0.15, 0.2) is 0 Å². The Morgan fingerprint density at radius 1 is 1.12 bits per heavy atom. The number of nitrogens with one attached hydrogen (secondary N) is 1. The highest BCUT2D eigenvalue weighted by Crippen LogP contribution is 2.26. The van der Waals surface area contributed by atoms with Crippen molar-refractivity contribution in [1.29, 1.82) is 0 Å². The number of aromatic amines is 1. The number of H-pyrrole nitrogens is 1. The Labute approximate surface area is 95.0 Å². The zero-order valence-electron chi connectivity index (χ0n) is 9.53. The molecule has 0 atom stereocenters. The lowest BCUT2D eigenvalue weighted by atomic mass is 9.95. The molecule has 0 aliphatic rings. The fraction of sp³-hybridized carbons (Fsp3) is 0.214. The molecule has 0 spiro atoms. The highest BCUT2D eigenvalue weighted by Gasteiger charge is 2.08. The Morgan fingerprint density at radius 3 is 2.44 bits per heavy atom. The van der Waals surface area contributed by atoms with Crippen LogP contribution in [0, 0.1) is 0 Å². The number of pyridine rings is 1. The van der Waals surface area contributed by atoms with Crippen LogP contribution in [0.3, 0.4) is 0 Å². The van der Waals surface area contributed by atoms with Gasteiger partial charge in [0.2, 0.25) is 5.56 Å². The van der Waals surface area contributed by atoms with Gasteiger partial charge in [-0.25, -0.2) is 0 Å². The van der Waals surface area contributed by atoms with Crippen LogP contribution in [-0.4, -0.2) is 4.98 Å². The van der Waals surface area contributed by atoms with Crippen molar-refractivity contribution in [2.24, 2.45) is 0 Å². The average molecular weight is 213 g/mol. The van der Waals surface area contributed by atoms with E-state index in [0.717, 1.165) is 11.1 Å². The third-order valence-electron chi connectivity index (χ3n) is 2.66. The minimum absolute atomic E-state index is 0.0525. The topological polar surface area (TPSA) is 32.9 Å². The summed E-state index contributed by atoms with van der Waals surface area (Å²) in [6.45, 7) is 4.25. The first-order valence-electron chi connectivity index (χ1n) is 5.46. The third-order valence-corrected chi connectivity index (χ3v) is 2.66. The monoisotopic (exact) mass is 213 g/mol. The number of hydrogen-bond donors (Lipinski definition) is 1.